The summed E-state index contributed by atoms with van der Waals surface area (Å²) in [5.74, 6) is 2.29. The van der Waals surface area contributed by atoms with E-state index in [1.807, 2.05) is 26.8 Å². The molecule has 0 radical (unpaired) electrons. The molecule has 2 aromatic carbocycles. The Hall–Kier alpha value is -2.41. The minimum atomic E-state index is -0.221. The molecule has 0 unspecified atom stereocenters. The van der Waals surface area contributed by atoms with E-state index in [4.69, 9.17) is 14.2 Å². The van der Waals surface area contributed by atoms with Gasteiger partial charge in [-0.2, -0.15) is 11.8 Å². The molecule has 5 nitrogen and oxygen atoms in total. The van der Waals surface area contributed by atoms with Crippen LogP contribution in [0.2, 0.25) is 0 Å². The Labute approximate surface area is 175 Å². The largest absolute Gasteiger partial charge is 0.490 e. The van der Waals surface area contributed by atoms with Gasteiger partial charge in [0.1, 0.15) is 5.82 Å². The first-order valence-corrected chi connectivity index (χ1v) is 10.9. The lowest BCUT2D eigenvalue weighted by molar-refractivity contribution is 0.0955. The molecule has 0 heterocycles. The number of rotatable bonds is 12. The molecule has 0 atom stereocenters. The van der Waals surface area contributed by atoms with Crippen LogP contribution in [-0.4, -0.2) is 38.0 Å². The molecule has 2 rings (SSSR count). The van der Waals surface area contributed by atoms with E-state index in [1.54, 1.807) is 36.0 Å². The van der Waals surface area contributed by atoms with Gasteiger partial charge in [0.25, 0.3) is 5.91 Å². The van der Waals surface area contributed by atoms with Crippen molar-refractivity contribution >= 4 is 17.7 Å². The number of benzene rings is 2. The summed E-state index contributed by atoms with van der Waals surface area (Å²) in [6.07, 6.45) is 0. The van der Waals surface area contributed by atoms with E-state index in [1.165, 1.54) is 6.07 Å². The summed E-state index contributed by atoms with van der Waals surface area (Å²) >= 11 is 1.57. The van der Waals surface area contributed by atoms with Crippen LogP contribution in [0.4, 0.5) is 4.39 Å². The zero-order valence-electron chi connectivity index (χ0n) is 17.1. The summed E-state index contributed by atoms with van der Waals surface area (Å²) < 4.78 is 30.6. The fourth-order valence-electron chi connectivity index (χ4n) is 2.66. The van der Waals surface area contributed by atoms with E-state index in [9.17, 15) is 9.18 Å². The van der Waals surface area contributed by atoms with Gasteiger partial charge in [-0.15, -0.1) is 0 Å². The lowest BCUT2D eigenvalue weighted by Crippen LogP contribution is -2.26. The molecule has 2 aromatic rings. The second-order valence-electron chi connectivity index (χ2n) is 6.00. The van der Waals surface area contributed by atoms with Gasteiger partial charge in [0.2, 0.25) is 5.75 Å². The standard InChI is InChI=1S/C22H28FNO4S/c1-4-26-19-13-17(14-20(27-5-2)21(19)28-6-3)22(25)24-11-12-29-15-16-9-7-8-10-18(16)23/h7-10,13-14H,4-6,11-12,15H2,1-3H3,(H,24,25). The quantitative estimate of drug-likeness (QED) is 0.504. The maximum atomic E-state index is 13.6. The highest BCUT2D eigenvalue weighted by Gasteiger charge is 2.18. The second kappa shape index (κ2) is 12.2. The van der Waals surface area contributed by atoms with E-state index in [-0.39, 0.29) is 11.7 Å². The third-order valence-corrected chi connectivity index (χ3v) is 4.93. The molecule has 0 aromatic heterocycles. The predicted molar refractivity (Wildman–Crippen MR) is 115 cm³/mol. The highest BCUT2D eigenvalue weighted by atomic mass is 32.2. The third-order valence-electron chi connectivity index (χ3n) is 3.92. The topological polar surface area (TPSA) is 56.8 Å². The lowest BCUT2D eigenvalue weighted by atomic mass is 10.1. The highest BCUT2D eigenvalue weighted by Crippen LogP contribution is 2.39. The van der Waals surface area contributed by atoms with Crippen molar-refractivity contribution in [3.63, 3.8) is 0 Å². The fraction of sp³-hybridized carbons (Fsp3) is 0.409. The first kappa shape index (κ1) is 22.9. The van der Waals surface area contributed by atoms with Gasteiger partial charge in [0.05, 0.1) is 19.8 Å². The third kappa shape index (κ3) is 6.85. The number of nitrogens with one attached hydrogen (secondary N) is 1. The highest BCUT2D eigenvalue weighted by molar-refractivity contribution is 7.98. The van der Waals surface area contributed by atoms with E-state index in [2.05, 4.69) is 5.32 Å². The number of ether oxygens (including phenoxy) is 3. The van der Waals surface area contributed by atoms with Gasteiger partial charge in [0.15, 0.2) is 11.5 Å². The van der Waals surface area contributed by atoms with Crippen LogP contribution in [-0.2, 0) is 5.75 Å². The summed E-state index contributed by atoms with van der Waals surface area (Å²) in [5.41, 5.74) is 1.11. The minimum Gasteiger partial charge on any atom is -0.490 e. The van der Waals surface area contributed by atoms with E-state index in [0.717, 1.165) is 0 Å². The maximum absolute atomic E-state index is 13.6. The molecule has 0 spiro atoms. The van der Waals surface area contributed by atoms with Gasteiger partial charge in [-0.25, -0.2) is 4.39 Å². The molecule has 158 valence electrons. The summed E-state index contributed by atoms with van der Waals surface area (Å²) in [5, 5.41) is 2.88. The van der Waals surface area contributed by atoms with Gasteiger partial charge < -0.3 is 19.5 Å². The van der Waals surface area contributed by atoms with Crippen LogP contribution in [0.25, 0.3) is 0 Å². The Bertz CT molecular complexity index is 773. The molecule has 29 heavy (non-hydrogen) atoms. The number of amides is 1. The number of hydrogen-bond donors (Lipinski definition) is 1. The van der Waals surface area contributed by atoms with Gasteiger partial charge in [-0.3, -0.25) is 4.79 Å². The van der Waals surface area contributed by atoms with E-state index in [0.29, 0.717) is 66.2 Å². The van der Waals surface area contributed by atoms with Crippen LogP contribution in [0.5, 0.6) is 17.2 Å². The van der Waals surface area contributed by atoms with Crippen molar-refractivity contribution in [2.45, 2.75) is 26.5 Å². The number of hydrogen-bond acceptors (Lipinski definition) is 5. The van der Waals surface area contributed by atoms with Crippen LogP contribution in [0, 0.1) is 5.82 Å². The Kier molecular flexibility index (Phi) is 9.64. The van der Waals surface area contributed by atoms with Gasteiger partial charge in [-0.1, -0.05) is 18.2 Å². The molecule has 0 bridgehead atoms. The van der Waals surface area contributed by atoms with Crippen LogP contribution in [0.15, 0.2) is 36.4 Å². The van der Waals surface area contributed by atoms with E-state index >= 15 is 0 Å². The predicted octanol–water partition coefficient (Wildman–Crippen LogP) is 4.69. The lowest BCUT2D eigenvalue weighted by Gasteiger charge is -2.17. The summed E-state index contributed by atoms with van der Waals surface area (Å²) in [7, 11) is 0. The van der Waals surface area contributed by atoms with Crippen molar-refractivity contribution in [3.8, 4) is 17.2 Å². The Balaban J connectivity index is 1.97. The number of thioether (sulfide) groups is 1. The molecular weight excluding hydrogens is 393 g/mol. The zero-order valence-corrected chi connectivity index (χ0v) is 17.9. The number of carbonyl (C=O) groups excluding carboxylic acids is 1. The van der Waals surface area contributed by atoms with Gasteiger partial charge in [0, 0.05) is 23.6 Å². The molecule has 0 saturated heterocycles. The van der Waals surface area contributed by atoms with Crippen LogP contribution >= 0.6 is 11.8 Å². The monoisotopic (exact) mass is 421 g/mol. The number of halogens is 1. The molecule has 0 aliphatic carbocycles. The average molecular weight is 422 g/mol. The van der Waals surface area contributed by atoms with Crippen LogP contribution in [0.1, 0.15) is 36.7 Å². The smallest absolute Gasteiger partial charge is 0.251 e. The molecule has 1 N–H and O–H groups in total. The average Bonchev–Trinajstić information content (AvgIpc) is 2.71. The fourth-order valence-corrected chi connectivity index (χ4v) is 3.50. The molecule has 7 heteroatoms. The molecule has 0 aliphatic heterocycles. The molecular formula is C22H28FNO4S. The van der Waals surface area contributed by atoms with Crippen LogP contribution < -0.4 is 19.5 Å². The Morgan fingerprint density at radius 1 is 1.00 bits per heavy atom. The van der Waals surface area contributed by atoms with Crippen molar-refractivity contribution in [1.82, 2.24) is 5.32 Å². The molecule has 0 aliphatic rings. The first-order valence-electron chi connectivity index (χ1n) is 9.76. The molecule has 0 fully saturated rings. The Morgan fingerprint density at radius 2 is 1.62 bits per heavy atom. The Morgan fingerprint density at radius 3 is 2.21 bits per heavy atom. The van der Waals surface area contributed by atoms with Gasteiger partial charge >= 0.3 is 0 Å². The maximum Gasteiger partial charge on any atom is 0.251 e. The number of carbonyl (C=O) groups is 1. The van der Waals surface area contributed by atoms with Crippen molar-refractivity contribution in [2.75, 3.05) is 32.1 Å². The SMILES string of the molecule is CCOc1cc(C(=O)NCCSCc2ccccc2F)cc(OCC)c1OCC. The van der Waals surface area contributed by atoms with Gasteiger partial charge in [-0.05, 0) is 44.5 Å². The summed E-state index contributed by atoms with van der Waals surface area (Å²) in [6, 6.07) is 10.0. The summed E-state index contributed by atoms with van der Waals surface area (Å²) in [4.78, 5) is 12.6. The van der Waals surface area contributed by atoms with Crippen LogP contribution in [0.3, 0.4) is 0 Å². The van der Waals surface area contributed by atoms with Crippen molar-refractivity contribution in [2.24, 2.45) is 0 Å². The second-order valence-corrected chi connectivity index (χ2v) is 7.11. The summed E-state index contributed by atoms with van der Waals surface area (Å²) in [6.45, 7) is 7.45. The molecule has 1 amide bonds. The van der Waals surface area contributed by atoms with E-state index < -0.39 is 0 Å². The van der Waals surface area contributed by atoms with Crippen molar-refractivity contribution in [1.29, 1.82) is 0 Å². The minimum absolute atomic E-state index is 0.203. The van der Waals surface area contributed by atoms with Crippen molar-refractivity contribution < 1.29 is 23.4 Å². The zero-order chi connectivity index (χ0) is 21.1. The molecule has 0 saturated carbocycles. The first-order chi connectivity index (χ1) is 14.1. The normalized spacial score (nSPS) is 10.5. The van der Waals surface area contributed by atoms with Crippen molar-refractivity contribution in [3.05, 3.63) is 53.3 Å².